The van der Waals surface area contributed by atoms with Crippen LogP contribution in [0.2, 0.25) is 0 Å². The van der Waals surface area contributed by atoms with Crippen LogP contribution in [0.15, 0.2) is 46.1 Å². The number of fused-ring (bicyclic) bond motifs is 1. The first-order valence-corrected chi connectivity index (χ1v) is 12.5. The van der Waals surface area contributed by atoms with E-state index in [-0.39, 0.29) is 48.4 Å². The third-order valence-corrected chi connectivity index (χ3v) is 8.68. The first-order valence-electron chi connectivity index (χ1n) is 10.3. The molecule has 0 atom stereocenters. The molecule has 1 saturated heterocycles. The second kappa shape index (κ2) is 8.28. The van der Waals surface area contributed by atoms with E-state index in [0.29, 0.717) is 16.4 Å². The summed E-state index contributed by atoms with van der Waals surface area (Å²) in [5, 5.41) is 4.37. The maximum absolute atomic E-state index is 13.3. The number of carbonyl (C=O) groups is 1. The molecule has 1 aromatic carbocycles. The third kappa shape index (κ3) is 3.79. The summed E-state index contributed by atoms with van der Waals surface area (Å²) in [6, 6.07) is 7.71. The quantitative estimate of drug-likeness (QED) is 0.433. The maximum Gasteiger partial charge on any atom is 0.274 e. The second-order valence-electron chi connectivity index (χ2n) is 7.59. The number of benzene rings is 1. The van der Waals surface area contributed by atoms with Gasteiger partial charge in [0.25, 0.3) is 5.91 Å². The molecular weight excluding hydrogens is 464 g/mol. The lowest BCUT2D eigenvalue weighted by Gasteiger charge is -2.33. The molecule has 4 heterocycles. The van der Waals surface area contributed by atoms with Crippen LogP contribution in [0.1, 0.15) is 21.9 Å². The van der Waals surface area contributed by atoms with E-state index in [1.807, 2.05) is 24.3 Å². The number of aromatic nitrogens is 4. The minimum atomic E-state index is -3.76. The van der Waals surface area contributed by atoms with Crippen LogP contribution >= 0.6 is 11.3 Å². The lowest BCUT2D eigenvalue weighted by atomic mass is 10.2. The Labute approximate surface area is 193 Å². The molecular formula is C21H20N6O4S2. The van der Waals surface area contributed by atoms with E-state index in [9.17, 15) is 13.2 Å². The molecule has 33 heavy (non-hydrogen) atoms. The number of sulfonamides is 1. The zero-order valence-corrected chi connectivity index (χ0v) is 19.6. The van der Waals surface area contributed by atoms with Crippen LogP contribution in [-0.4, -0.2) is 69.8 Å². The molecule has 1 aliphatic rings. The highest BCUT2D eigenvalue weighted by Gasteiger charge is 2.35. The molecule has 0 aliphatic carbocycles. The Morgan fingerprint density at radius 3 is 2.48 bits per heavy atom. The number of aryl methyl sites for hydroxylation is 2. The van der Waals surface area contributed by atoms with E-state index < -0.39 is 10.0 Å². The van der Waals surface area contributed by atoms with Crippen molar-refractivity contribution in [3.63, 3.8) is 0 Å². The molecule has 0 spiro atoms. The van der Waals surface area contributed by atoms with E-state index in [1.165, 1.54) is 28.0 Å². The summed E-state index contributed by atoms with van der Waals surface area (Å²) in [7, 11) is -3.76. The van der Waals surface area contributed by atoms with E-state index in [1.54, 1.807) is 18.7 Å². The molecule has 1 fully saturated rings. The van der Waals surface area contributed by atoms with Gasteiger partial charge in [0.2, 0.25) is 10.0 Å². The normalized spacial score (nSPS) is 15.3. The molecule has 170 valence electrons. The minimum absolute atomic E-state index is 0.0920. The van der Waals surface area contributed by atoms with Gasteiger partial charge in [-0.1, -0.05) is 17.3 Å². The van der Waals surface area contributed by atoms with Gasteiger partial charge in [0.1, 0.15) is 21.3 Å². The molecule has 1 amide bonds. The lowest BCUT2D eigenvalue weighted by molar-refractivity contribution is 0.0692. The fourth-order valence-electron chi connectivity index (χ4n) is 3.88. The fraction of sp³-hybridized carbons (Fsp3) is 0.286. The van der Waals surface area contributed by atoms with Gasteiger partial charge in [0.05, 0.1) is 10.2 Å². The van der Waals surface area contributed by atoms with Crippen molar-refractivity contribution in [1.82, 2.24) is 29.3 Å². The average Bonchev–Trinajstić information content (AvgIpc) is 3.41. The van der Waals surface area contributed by atoms with E-state index in [4.69, 9.17) is 4.52 Å². The standard InChI is InChI=1S/C21H20N6O4S2/c1-13-19(14(2)31-25-13)33(29,30)27-11-9-26(10-12-27)21(28)18-17(22-7-8-23-18)20-24-15-5-3-4-6-16(15)32-20/h3-8H,9-12H2,1-2H3. The van der Waals surface area contributed by atoms with Crippen LogP contribution in [0.4, 0.5) is 0 Å². The number of rotatable bonds is 4. The molecule has 4 aromatic rings. The Bertz CT molecular complexity index is 1400. The maximum atomic E-state index is 13.3. The molecule has 1 aliphatic heterocycles. The number of carbonyl (C=O) groups excluding carboxylic acids is 1. The van der Waals surface area contributed by atoms with Crippen molar-refractivity contribution in [3.05, 3.63) is 53.8 Å². The van der Waals surface area contributed by atoms with Crippen LogP contribution in [0.25, 0.3) is 20.9 Å². The Hall–Kier alpha value is -3.22. The second-order valence-corrected chi connectivity index (χ2v) is 10.5. The van der Waals surface area contributed by atoms with Crippen molar-refractivity contribution >= 4 is 37.5 Å². The van der Waals surface area contributed by atoms with Gasteiger partial charge in [0.15, 0.2) is 11.5 Å². The van der Waals surface area contributed by atoms with E-state index >= 15 is 0 Å². The molecule has 0 bridgehead atoms. The van der Waals surface area contributed by atoms with Gasteiger partial charge in [-0.05, 0) is 26.0 Å². The number of piperazine rings is 1. The van der Waals surface area contributed by atoms with Gasteiger partial charge in [-0.3, -0.25) is 4.79 Å². The predicted octanol–water partition coefficient (Wildman–Crippen LogP) is 2.50. The highest BCUT2D eigenvalue weighted by molar-refractivity contribution is 7.89. The highest BCUT2D eigenvalue weighted by atomic mass is 32.2. The summed E-state index contributed by atoms with van der Waals surface area (Å²) < 4.78 is 33.5. The summed E-state index contributed by atoms with van der Waals surface area (Å²) in [4.78, 5) is 28.3. The number of hydrogen-bond donors (Lipinski definition) is 0. The van der Waals surface area contributed by atoms with Crippen molar-refractivity contribution in [2.24, 2.45) is 0 Å². The van der Waals surface area contributed by atoms with Crippen molar-refractivity contribution in [1.29, 1.82) is 0 Å². The summed E-state index contributed by atoms with van der Waals surface area (Å²) in [6.45, 7) is 3.96. The number of amides is 1. The van der Waals surface area contributed by atoms with Gasteiger partial charge in [-0.2, -0.15) is 4.31 Å². The summed E-state index contributed by atoms with van der Waals surface area (Å²) >= 11 is 1.45. The molecule has 12 heteroatoms. The number of para-hydroxylation sites is 1. The van der Waals surface area contributed by atoms with Crippen LogP contribution in [0.5, 0.6) is 0 Å². The van der Waals surface area contributed by atoms with Gasteiger partial charge in [-0.25, -0.2) is 23.4 Å². The van der Waals surface area contributed by atoms with Crippen LogP contribution in [-0.2, 0) is 10.0 Å². The molecule has 0 N–H and O–H groups in total. The third-order valence-electron chi connectivity index (χ3n) is 5.49. The lowest BCUT2D eigenvalue weighted by Crippen LogP contribution is -2.50. The SMILES string of the molecule is Cc1noc(C)c1S(=O)(=O)N1CCN(C(=O)c2nccnc2-c2nc3ccccc3s2)CC1. The van der Waals surface area contributed by atoms with Gasteiger partial charge in [0, 0.05) is 38.6 Å². The Balaban J connectivity index is 1.37. The van der Waals surface area contributed by atoms with Crippen LogP contribution in [0, 0.1) is 13.8 Å². The van der Waals surface area contributed by atoms with Crippen molar-refractivity contribution < 1.29 is 17.7 Å². The number of thiazole rings is 1. The summed E-state index contributed by atoms with van der Waals surface area (Å²) in [5.74, 6) is -0.0437. The van der Waals surface area contributed by atoms with Crippen LogP contribution in [0.3, 0.4) is 0 Å². The largest absolute Gasteiger partial charge is 0.360 e. The molecule has 3 aromatic heterocycles. The molecule has 10 nitrogen and oxygen atoms in total. The number of hydrogen-bond acceptors (Lipinski definition) is 9. The predicted molar refractivity (Wildman–Crippen MR) is 121 cm³/mol. The first-order chi connectivity index (χ1) is 15.9. The average molecular weight is 485 g/mol. The zero-order chi connectivity index (χ0) is 23.2. The van der Waals surface area contributed by atoms with Crippen LogP contribution < -0.4 is 0 Å². The highest BCUT2D eigenvalue weighted by Crippen LogP contribution is 2.31. The molecule has 0 saturated carbocycles. The molecule has 5 rings (SSSR count). The van der Waals surface area contributed by atoms with E-state index in [0.717, 1.165) is 10.2 Å². The number of nitrogens with zero attached hydrogens (tertiary/aromatic N) is 6. The smallest absolute Gasteiger partial charge is 0.274 e. The monoisotopic (exact) mass is 484 g/mol. The topological polar surface area (TPSA) is 122 Å². The van der Waals surface area contributed by atoms with Gasteiger partial charge < -0.3 is 9.42 Å². The van der Waals surface area contributed by atoms with Crippen molar-refractivity contribution in [2.75, 3.05) is 26.2 Å². The first kappa shape index (κ1) is 21.6. The van der Waals surface area contributed by atoms with Gasteiger partial charge in [-0.15, -0.1) is 11.3 Å². The van der Waals surface area contributed by atoms with Crippen molar-refractivity contribution in [2.45, 2.75) is 18.7 Å². The Morgan fingerprint density at radius 2 is 1.79 bits per heavy atom. The summed E-state index contributed by atoms with van der Waals surface area (Å²) in [5.41, 5.74) is 1.79. The fourth-order valence-corrected chi connectivity index (χ4v) is 6.55. The Kier molecular flexibility index (Phi) is 5.43. The molecule has 0 unspecified atom stereocenters. The Morgan fingerprint density at radius 1 is 1.06 bits per heavy atom. The van der Waals surface area contributed by atoms with E-state index in [2.05, 4.69) is 20.1 Å². The summed E-state index contributed by atoms with van der Waals surface area (Å²) in [6.07, 6.45) is 3.01. The van der Waals surface area contributed by atoms with Crippen molar-refractivity contribution in [3.8, 4) is 10.7 Å². The van der Waals surface area contributed by atoms with Gasteiger partial charge >= 0.3 is 0 Å². The zero-order valence-electron chi connectivity index (χ0n) is 17.9. The molecule has 0 radical (unpaired) electrons. The minimum Gasteiger partial charge on any atom is -0.360 e.